The number of rotatable bonds is 0. The third-order valence-electron chi connectivity index (χ3n) is 3.11. The Labute approximate surface area is 89.9 Å². The van der Waals surface area contributed by atoms with Crippen molar-refractivity contribution in [3.05, 3.63) is 59.7 Å². The lowest BCUT2D eigenvalue weighted by Gasteiger charge is -2.21. The third-order valence-corrected chi connectivity index (χ3v) is 3.11. The first kappa shape index (κ1) is 8.66. The Hall–Kier alpha value is -1.63. The summed E-state index contributed by atoms with van der Waals surface area (Å²) in [7, 11) is 0. The molecule has 1 aromatic carbocycles. The molecular formula is C14H13N. The number of nitrogens with zero attached hydrogens (tertiary/aromatic N) is 1. The number of allylic oxidation sites excluding steroid dienone is 2. The standard InChI is InChI=1S/C14H13N/c1-2-6-12-11(5-1)9-10-15-14-8-4-3-7-13(12)14/h1-8,10,13-14H,9H2. The molecule has 0 fully saturated rings. The molecule has 1 aliphatic carbocycles. The van der Waals surface area contributed by atoms with E-state index in [9.17, 15) is 0 Å². The van der Waals surface area contributed by atoms with Gasteiger partial charge in [0.05, 0.1) is 6.04 Å². The van der Waals surface area contributed by atoms with Gasteiger partial charge in [-0.3, -0.25) is 4.99 Å². The monoisotopic (exact) mass is 195 g/mol. The van der Waals surface area contributed by atoms with Gasteiger partial charge in [0.25, 0.3) is 0 Å². The molecule has 1 heterocycles. The Bertz CT molecular complexity index is 454. The smallest absolute Gasteiger partial charge is 0.0782 e. The molecule has 2 unspecified atom stereocenters. The highest BCUT2D eigenvalue weighted by Crippen LogP contribution is 2.31. The molecule has 0 bridgehead atoms. The molecular weight excluding hydrogens is 182 g/mol. The van der Waals surface area contributed by atoms with Gasteiger partial charge in [0.15, 0.2) is 0 Å². The van der Waals surface area contributed by atoms with E-state index < -0.39 is 0 Å². The van der Waals surface area contributed by atoms with Crippen LogP contribution in [0.4, 0.5) is 0 Å². The summed E-state index contributed by atoms with van der Waals surface area (Å²) in [4.78, 5) is 4.60. The van der Waals surface area contributed by atoms with Gasteiger partial charge in [-0.1, -0.05) is 48.6 Å². The number of hydrogen-bond acceptors (Lipinski definition) is 1. The van der Waals surface area contributed by atoms with Crippen LogP contribution in [0.2, 0.25) is 0 Å². The van der Waals surface area contributed by atoms with Crippen molar-refractivity contribution in [1.29, 1.82) is 0 Å². The molecule has 0 saturated carbocycles. The van der Waals surface area contributed by atoms with Crippen LogP contribution >= 0.6 is 0 Å². The Balaban J connectivity index is 2.13. The highest BCUT2D eigenvalue weighted by molar-refractivity contribution is 5.65. The van der Waals surface area contributed by atoms with E-state index in [1.54, 1.807) is 0 Å². The largest absolute Gasteiger partial charge is 0.289 e. The number of aliphatic imine (C=N–C) groups is 1. The van der Waals surface area contributed by atoms with Gasteiger partial charge in [-0.05, 0) is 11.1 Å². The first-order valence-electron chi connectivity index (χ1n) is 5.39. The Morgan fingerprint density at radius 2 is 1.93 bits per heavy atom. The number of benzene rings is 1. The summed E-state index contributed by atoms with van der Waals surface area (Å²) >= 11 is 0. The average molecular weight is 195 g/mol. The zero-order valence-corrected chi connectivity index (χ0v) is 8.51. The van der Waals surface area contributed by atoms with Crippen LogP contribution in [0.1, 0.15) is 17.0 Å². The molecule has 2 aliphatic rings. The molecule has 74 valence electrons. The number of hydrogen-bond donors (Lipinski definition) is 0. The quantitative estimate of drug-likeness (QED) is 0.603. The fraction of sp³-hybridized carbons (Fsp3) is 0.214. The minimum atomic E-state index is 0.304. The van der Waals surface area contributed by atoms with Crippen molar-refractivity contribution in [3.8, 4) is 0 Å². The molecule has 2 atom stereocenters. The van der Waals surface area contributed by atoms with Crippen LogP contribution < -0.4 is 0 Å². The van der Waals surface area contributed by atoms with Crippen LogP contribution in [-0.2, 0) is 6.42 Å². The van der Waals surface area contributed by atoms with Crippen molar-refractivity contribution >= 4 is 6.21 Å². The summed E-state index contributed by atoms with van der Waals surface area (Å²) in [6.07, 6.45) is 11.7. The molecule has 1 aromatic rings. The van der Waals surface area contributed by atoms with Gasteiger partial charge in [-0.15, -0.1) is 0 Å². The van der Waals surface area contributed by atoms with E-state index in [0.717, 1.165) is 6.42 Å². The lowest BCUT2D eigenvalue weighted by atomic mass is 9.86. The second kappa shape index (κ2) is 3.50. The van der Waals surface area contributed by atoms with Gasteiger partial charge in [-0.2, -0.15) is 0 Å². The first-order chi connectivity index (χ1) is 7.45. The molecule has 0 N–H and O–H groups in total. The van der Waals surface area contributed by atoms with Crippen LogP contribution in [0.5, 0.6) is 0 Å². The summed E-state index contributed by atoms with van der Waals surface area (Å²) in [6.45, 7) is 0. The molecule has 3 rings (SSSR count). The second-order valence-corrected chi connectivity index (χ2v) is 4.02. The van der Waals surface area contributed by atoms with E-state index in [1.165, 1.54) is 11.1 Å². The fourth-order valence-electron chi connectivity index (χ4n) is 2.34. The van der Waals surface area contributed by atoms with Crippen LogP contribution in [0.3, 0.4) is 0 Å². The Kier molecular flexibility index (Phi) is 2.02. The van der Waals surface area contributed by atoms with Gasteiger partial charge < -0.3 is 0 Å². The van der Waals surface area contributed by atoms with Crippen LogP contribution in [0, 0.1) is 0 Å². The third kappa shape index (κ3) is 1.44. The van der Waals surface area contributed by atoms with Crippen molar-refractivity contribution in [2.24, 2.45) is 4.99 Å². The average Bonchev–Trinajstić information content (AvgIpc) is 2.48. The maximum atomic E-state index is 4.60. The molecule has 0 amide bonds. The Morgan fingerprint density at radius 1 is 1.07 bits per heavy atom. The van der Waals surface area contributed by atoms with E-state index in [4.69, 9.17) is 0 Å². The Morgan fingerprint density at radius 3 is 2.93 bits per heavy atom. The van der Waals surface area contributed by atoms with Gasteiger partial charge in [0.2, 0.25) is 0 Å². The normalized spacial score (nSPS) is 26.9. The van der Waals surface area contributed by atoms with Gasteiger partial charge in [0, 0.05) is 18.6 Å². The van der Waals surface area contributed by atoms with E-state index in [2.05, 4.69) is 53.6 Å². The second-order valence-electron chi connectivity index (χ2n) is 4.02. The number of fused-ring (bicyclic) bond motifs is 3. The zero-order valence-electron chi connectivity index (χ0n) is 8.51. The van der Waals surface area contributed by atoms with E-state index >= 15 is 0 Å². The van der Waals surface area contributed by atoms with Crippen molar-refractivity contribution in [1.82, 2.24) is 0 Å². The van der Waals surface area contributed by atoms with Crippen LogP contribution in [-0.4, -0.2) is 12.3 Å². The maximum Gasteiger partial charge on any atom is 0.0782 e. The molecule has 0 radical (unpaired) electrons. The molecule has 1 aliphatic heterocycles. The molecule has 0 saturated heterocycles. The predicted molar refractivity (Wildman–Crippen MR) is 63.4 cm³/mol. The van der Waals surface area contributed by atoms with Crippen LogP contribution in [0.15, 0.2) is 53.6 Å². The van der Waals surface area contributed by atoms with Gasteiger partial charge in [0.1, 0.15) is 0 Å². The summed E-state index contributed by atoms with van der Waals surface area (Å²) < 4.78 is 0. The molecule has 0 aromatic heterocycles. The molecule has 1 heteroatoms. The summed E-state index contributed by atoms with van der Waals surface area (Å²) in [5.41, 5.74) is 2.84. The maximum absolute atomic E-state index is 4.60. The molecule has 1 nitrogen and oxygen atoms in total. The van der Waals surface area contributed by atoms with Crippen molar-refractivity contribution in [2.75, 3.05) is 0 Å². The zero-order chi connectivity index (χ0) is 10.1. The van der Waals surface area contributed by atoms with Gasteiger partial charge >= 0.3 is 0 Å². The highest BCUT2D eigenvalue weighted by atomic mass is 14.8. The summed E-state index contributed by atoms with van der Waals surface area (Å²) in [5.74, 6) is 0.435. The predicted octanol–water partition coefficient (Wildman–Crippen LogP) is 2.89. The summed E-state index contributed by atoms with van der Waals surface area (Å²) in [6, 6.07) is 8.96. The lowest BCUT2D eigenvalue weighted by Crippen LogP contribution is -2.14. The summed E-state index contributed by atoms with van der Waals surface area (Å²) in [5, 5.41) is 0. The SMILES string of the molecule is C1=CC2N=CCc3ccccc3C2C=C1. The van der Waals surface area contributed by atoms with Crippen LogP contribution in [0.25, 0.3) is 0 Å². The fourth-order valence-corrected chi connectivity index (χ4v) is 2.34. The highest BCUT2D eigenvalue weighted by Gasteiger charge is 2.22. The van der Waals surface area contributed by atoms with Crippen molar-refractivity contribution < 1.29 is 0 Å². The first-order valence-corrected chi connectivity index (χ1v) is 5.39. The minimum Gasteiger partial charge on any atom is -0.289 e. The van der Waals surface area contributed by atoms with Crippen molar-refractivity contribution in [2.45, 2.75) is 18.4 Å². The molecule has 15 heavy (non-hydrogen) atoms. The topological polar surface area (TPSA) is 12.4 Å². The minimum absolute atomic E-state index is 0.304. The molecule has 0 spiro atoms. The van der Waals surface area contributed by atoms with E-state index in [0.29, 0.717) is 12.0 Å². The van der Waals surface area contributed by atoms with Crippen molar-refractivity contribution in [3.63, 3.8) is 0 Å². The lowest BCUT2D eigenvalue weighted by molar-refractivity contribution is 0.721. The van der Waals surface area contributed by atoms with E-state index in [-0.39, 0.29) is 0 Å². The van der Waals surface area contributed by atoms with E-state index in [1.807, 2.05) is 6.21 Å². The van der Waals surface area contributed by atoms with Gasteiger partial charge in [-0.25, -0.2) is 0 Å².